The summed E-state index contributed by atoms with van der Waals surface area (Å²) < 4.78 is 73.1. The number of nitrogens with one attached hydrogen (secondary N) is 1. The number of pyridine rings is 2. The summed E-state index contributed by atoms with van der Waals surface area (Å²) in [5.74, 6) is -4.60. The van der Waals surface area contributed by atoms with Crippen LogP contribution < -0.4 is 15.9 Å². The van der Waals surface area contributed by atoms with Gasteiger partial charge >= 0.3 is 11.9 Å². The van der Waals surface area contributed by atoms with Gasteiger partial charge < -0.3 is 15.3 Å². The van der Waals surface area contributed by atoms with Crippen molar-refractivity contribution in [3.63, 3.8) is 0 Å². The summed E-state index contributed by atoms with van der Waals surface area (Å²) in [4.78, 5) is 28.1. The number of hydrogen-bond acceptors (Lipinski definition) is 7. The number of halogens is 5. The number of benzene rings is 1. The monoisotopic (exact) mass is 574 g/mol. The van der Waals surface area contributed by atoms with E-state index in [0.717, 1.165) is 29.7 Å². The maximum absolute atomic E-state index is 15.7. The number of nitrogens with zero attached hydrogens (tertiary/aromatic N) is 5. The topological polar surface area (TPSA) is 96.2 Å². The molecule has 5 rings (SSSR count). The maximum atomic E-state index is 15.7. The van der Waals surface area contributed by atoms with Crippen molar-refractivity contribution in [2.24, 2.45) is 0 Å². The first-order valence-corrected chi connectivity index (χ1v) is 12.9. The van der Waals surface area contributed by atoms with Gasteiger partial charge in [-0.25, -0.2) is 23.1 Å². The average molecular weight is 575 g/mol. The van der Waals surface area contributed by atoms with Gasteiger partial charge in [0.1, 0.15) is 23.1 Å². The minimum atomic E-state index is -4.70. The number of anilines is 1. The molecule has 0 saturated carbocycles. The Kier molecular flexibility index (Phi) is 7.18. The summed E-state index contributed by atoms with van der Waals surface area (Å²) in [6.07, 6.45) is -3.50. The molecule has 4 heterocycles. The number of piperazine rings is 1. The van der Waals surface area contributed by atoms with Gasteiger partial charge in [0.2, 0.25) is 0 Å². The van der Waals surface area contributed by atoms with Crippen LogP contribution in [0.15, 0.2) is 41.3 Å². The van der Waals surface area contributed by atoms with E-state index < -0.39 is 52.1 Å². The third-order valence-corrected chi connectivity index (χ3v) is 7.35. The number of aromatic nitrogens is 4. The van der Waals surface area contributed by atoms with Crippen LogP contribution in [0, 0.1) is 18.6 Å². The van der Waals surface area contributed by atoms with E-state index in [1.165, 1.54) is 25.3 Å². The molecule has 4 aromatic rings. The Bertz CT molecular complexity index is 1690. The molecule has 3 atom stereocenters. The predicted octanol–water partition coefficient (Wildman–Crippen LogP) is 4.99. The highest BCUT2D eigenvalue weighted by atomic mass is 19.4. The molecule has 1 aliphatic rings. The molecule has 216 valence electrons. The molecule has 1 saturated heterocycles. The number of hydrogen-bond donors (Lipinski definition) is 2. The van der Waals surface area contributed by atoms with Crippen LogP contribution in [0.5, 0.6) is 5.75 Å². The molecule has 0 spiro atoms. The molecule has 0 radical (unpaired) electrons. The van der Waals surface area contributed by atoms with E-state index in [4.69, 9.17) is 0 Å². The second-order valence-corrected chi connectivity index (χ2v) is 10.3. The molecule has 13 heteroatoms. The van der Waals surface area contributed by atoms with Crippen LogP contribution in [0.25, 0.3) is 28.0 Å². The fourth-order valence-corrected chi connectivity index (χ4v) is 5.10. The van der Waals surface area contributed by atoms with Crippen molar-refractivity contribution in [1.82, 2.24) is 24.8 Å². The first-order chi connectivity index (χ1) is 19.3. The third kappa shape index (κ3) is 4.98. The number of alkyl halides is 3. The SMILES string of the molecule is Cc1ccnc([C@H](C)C(F)(F)F)c1-n1c(=O)nc(N2C[C@@H](C)NC[C@@H]2C)c2cc(F)c(-c3c(O)cccc3F)nc21. The van der Waals surface area contributed by atoms with Crippen LogP contribution in [0.2, 0.25) is 0 Å². The standard InChI is InChI=1S/C28H27F5N6O2/c1-13-8-9-34-22(16(4)28(31,32)33)24(13)39-26-17(25(37-27(39)41)38-12-14(2)35-11-15(38)3)10-19(30)23(36-26)21-18(29)6-5-7-20(21)40/h5-10,14-16,35,40H,11-12H2,1-4H3/t14-,15+,16+/m1/s1. The van der Waals surface area contributed by atoms with Crippen LogP contribution in [-0.4, -0.2) is 56.0 Å². The summed E-state index contributed by atoms with van der Waals surface area (Å²) in [6.45, 7) is 7.14. The van der Waals surface area contributed by atoms with Crippen LogP contribution in [-0.2, 0) is 0 Å². The number of fused-ring (bicyclic) bond motifs is 1. The molecule has 1 fully saturated rings. The molecule has 2 N–H and O–H groups in total. The van der Waals surface area contributed by atoms with Crippen molar-refractivity contribution in [1.29, 1.82) is 0 Å². The maximum Gasteiger partial charge on any atom is 0.397 e. The molecule has 1 aromatic carbocycles. The lowest BCUT2D eigenvalue weighted by Gasteiger charge is -2.38. The quantitative estimate of drug-likeness (QED) is 0.332. The zero-order valence-corrected chi connectivity index (χ0v) is 22.6. The summed E-state index contributed by atoms with van der Waals surface area (Å²) in [6, 6.07) is 5.62. The third-order valence-electron chi connectivity index (χ3n) is 7.35. The second kappa shape index (κ2) is 10.4. The zero-order chi connectivity index (χ0) is 29.8. The molecular weight excluding hydrogens is 547 g/mol. The van der Waals surface area contributed by atoms with Crippen LogP contribution >= 0.6 is 0 Å². The lowest BCUT2D eigenvalue weighted by Crippen LogP contribution is -2.55. The van der Waals surface area contributed by atoms with Crippen molar-refractivity contribution in [2.45, 2.75) is 51.9 Å². The normalized spacial score (nSPS) is 18.6. The van der Waals surface area contributed by atoms with Gasteiger partial charge in [0.15, 0.2) is 11.5 Å². The predicted molar refractivity (Wildman–Crippen MR) is 143 cm³/mol. The second-order valence-electron chi connectivity index (χ2n) is 10.3. The number of phenolic OH excluding ortho intramolecular Hbond substituents is 1. The highest BCUT2D eigenvalue weighted by molar-refractivity contribution is 5.91. The van der Waals surface area contributed by atoms with Gasteiger partial charge in [-0.3, -0.25) is 4.98 Å². The summed E-state index contributed by atoms with van der Waals surface area (Å²) in [5.41, 5.74) is -2.82. The smallest absolute Gasteiger partial charge is 0.397 e. The minimum absolute atomic E-state index is 0.0160. The van der Waals surface area contributed by atoms with E-state index >= 15 is 4.39 Å². The molecule has 8 nitrogen and oxygen atoms in total. The molecule has 1 aliphatic heterocycles. The molecule has 41 heavy (non-hydrogen) atoms. The first kappa shape index (κ1) is 28.4. The highest BCUT2D eigenvalue weighted by Crippen LogP contribution is 2.39. The molecule has 0 bridgehead atoms. The van der Waals surface area contributed by atoms with Crippen molar-refractivity contribution in [3.05, 3.63) is 69.9 Å². The highest BCUT2D eigenvalue weighted by Gasteiger charge is 2.40. The van der Waals surface area contributed by atoms with E-state index in [9.17, 15) is 27.5 Å². The number of aryl methyl sites for hydroxylation is 1. The average Bonchev–Trinajstić information content (AvgIpc) is 2.89. The van der Waals surface area contributed by atoms with Gasteiger partial charge in [0, 0.05) is 31.4 Å². The Morgan fingerprint density at radius 1 is 1.12 bits per heavy atom. The number of phenols is 1. The molecule has 3 aromatic heterocycles. The van der Waals surface area contributed by atoms with E-state index in [-0.39, 0.29) is 40.2 Å². The van der Waals surface area contributed by atoms with Gasteiger partial charge in [-0.15, -0.1) is 0 Å². The lowest BCUT2D eigenvalue weighted by molar-refractivity contribution is -0.147. The molecule has 0 amide bonds. The van der Waals surface area contributed by atoms with Crippen LogP contribution in [0.4, 0.5) is 27.8 Å². The Morgan fingerprint density at radius 3 is 2.54 bits per heavy atom. The number of rotatable bonds is 4. The molecule has 0 aliphatic carbocycles. The summed E-state index contributed by atoms with van der Waals surface area (Å²) in [5, 5.41) is 13.7. The van der Waals surface area contributed by atoms with Crippen molar-refractivity contribution < 1.29 is 27.1 Å². The van der Waals surface area contributed by atoms with Crippen molar-refractivity contribution in [3.8, 4) is 22.7 Å². The fraction of sp³-hybridized carbons (Fsp3) is 0.357. The van der Waals surface area contributed by atoms with Crippen LogP contribution in [0.3, 0.4) is 0 Å². The summed E-state index contributed by atoms with van der Waals surface area (Å²) >= 11 is 0. The van der Waals surface area contributed by atoms with Gasteiger partial charge in [0.05, 0.1) is 28.2 Å². The Balaban J connectivity index is 1.92. The lowest BCUT2D eigenvalue weighted by atomic mass is 10.0. The van der Waals surface area contributed by atoms with Gasteiger partial charge in [-0.1, -0.05) is 6.07 Å². The van der Waals surface area contributed by atoms with Crippen molar-refractivity contribution in [2.75, 3.05) is 18.0 Å². The van der Waals surface area contributed by atoms with Gasteiger partial charge in [0.25, 0.3) is 0 Å². The fourth-order valence-electron chi connectivity index (χ4n) is 5.10. The summed E-state index contributed by atoms with van der Waals surface area (Å²) in [7, 11) is 0. The van der Waals surface area contributed by atoms with Gasteiger partial charge in [-0.05, 0) is 57.5 Å². The Hall–Kier alpha value is -4.13. The number of aromatic hydroxyl groups is 1. The minimum Gasteiger partial charge on any atom is -0.507 e. The van der Waals surface area contributed by atoms with E-state index in [1.807, 2.05) is 13.8 Å². The zero-order valence-electron chi connectivity index (χ0n) is 22.6. The Labute approximate surface area is 231 Å². The van der Waals surface area contributed by atoms with E-state index in [0.29, 0.717) is 13.1 Å². The molecular formula is C28H27F5N6O2. The first-order valence-electron chi connectivity index (χ1n) is 12.9. The van der Waals surface area contributed by atoms with Crippen LogP contribution in [0.1, 0.15) is 37.9 Å². The van der Waals surface area contributed by atoms with Crippen molar-refractivity contribution >= 4 is 16.9 Å². The Morgan fingerprint density at radius 2 is 1.85 bits per heavy atom. The molecule has 0 unspecified atom stereocenters. The van der Waals surface area contributed by atoms with E-state index in [2.05, 4.69) is 20.3 Å². The largest absolute Gasteiger partial charge is 0.507 e. The van der Waals surface area contributed by atoms with E-state index in [1.54, 1.807) is 4.90 Å². The van der Waals surface area contributed by atoms with Gasteiger partial charge in [-0.2, -0.15) is 18.2 Å².